The predicted octanol–water partition coefficient (Wildman–Crippen LogP) is 4.30. The van der Waals surface area contributed by atoms with Crippen LogP contribution in [0.4, 0.5) is 13.2 Å². The number of hydrogen-bond acceptors (Lipinski definition) is 6. The molecule has 2 unspecified atom stereocenters. The molecule has 0 aliphatic carbocycles. The van der Waals surface area contributed by atoms with E-state index in [1.807, 2.05) is 12.1 Å². The first-order valence-electron chi connectivity index (χ1n) is 16.2. The van der Waals surface area contributed by atoms with Gasteiger partial charge in [-0.25, -0.2) is 13.1 Å². The standard InChI is InChI=1S/C37H41F3N6O4S/c38-37(39,40)31-18-14-25(15-19-31)8-5-11-32(46-51(49,50)24-27-6-2-1-3-7-27)36(48)45-33(21-28-9-4-10-29(20-28)22-41)35(47)44-23-26-12-16-30(17-13-26)34(42)43/h1-4,6-7,9-10,12-20,32-33,46H,5,8,11,21-24,41H2,(H3,42,43)(H,44,47)(H,45,48). The number of amides is 2. The third kappa shape index (κ3) is 12.3. The van der Waals surface area contributed by atoms with E-state index in [2.05, 4.69) is 15.4 Å². The summed E-state index contributed by atoms with van der Waals surface area (Å²) in [6.07, 6.45) is -3.87. The maximum atomic E-state index is 13.9. The number of benzene rings is 4. The average molecular weight is 723 g/mol. The first kappa shape index (κ1) is 38.7. The molecule has 14 heteroatoms. The van der Waals surface area contributed by atoms with Gasteiger partial charge in [0.15, 0.2) is 0 Å². The molecule has 10 nitrogen and oxygen atoms in total. The fourth-order valence-electron chi connectivity index (χ4n) is 5.38. The van der Waals surface area contributed by atoms with Crippen molar-refractivity contribution in [2.24, 2.45) is 11.5 Å². The van der Waals surface area contributed by atoms with Gasteiger partial charge >= 0.3 is 6.18 Å². The van der Waals surface area contributed by atoms with E-state index in [0.717, 1.165) is 23.3 Å². The molecule has 0 fully saturated rings. The minimum atomic E-state index is -4.48. The molecule has 2 amide bonds. The molecule has 270 valence electrons. The molecule has 0 saturated heterocycles. The molecule has 51 heavy (non-hydrogen) atoms. The third-order valence-electron chi connectivity index (χ3n) is 8.11. The number of aryl methyl sites for hydroxylation is 1. The van der Waals surface area contributed by atoms with E-state index >= 15 is 0 Å². The molecular formula is C37H41F3N6O4S. The number of nitrogen functional groups attached to an aromatic ring is 1. The summed E-state index contributed by atoms with van der Waals surface area (Å²) < 4.78 is 68.2. The van der Waals surface area contributed by atoms with E-state index in [-0.39, 0.29) is 44.6 Å². The molecule has 0 aliphatic heterocycles. The lowest BCUT2D eigenvalue weighted by Crippen LogP contribution is -2.54. The minimum absolute atomic E-state index is 0.000368. The molecule has 4 rings (SSSR count). The Labute approximate surface area is 295 Å². The van der Waals surface area contributed by atoms with Crippen LogP contribution in [0.15, 0.2) is 103 Å². The number of nitrogens with two attached hydrogens (primary N) is 2. The predicted molar refractivity (Wildman–Crippen MR) is 190 cm³/mol. The van der Waals surface area contributed by atoms with Gasteiger partial charge in [0.05, 0.1) is 11.3 Å². The SMILES string of the molecule is N=C(N)c1ccc(CNC(=O)C(Cc2cccc(CN)c2)NC(=O)C(CCCc2ccc(C(F)(F)F)cc2)NS(=O)(=O)Cc2ccccc2)cc1. The van der Waals surface area contributed by atoms with Crippen LogP contribution in [-0.2, 0) is 57.5 Å². The monoisotopic (exact) mass is 722 g/mol. The van der Waals surface area contributed by atoms with Gasteiger partial charge in [0.2, 0.25) is 21.8 Å². The molecule has 0 bridgehead atoms. The fourth-order valence-corrected chi connectivity index (χ4v) is 6.75. The number of nitrogens with one attached hydrogen (secondary N) is 4. The Morgan fingerprint density at radius 2 is 1.39 bits per heavy atom. The van der Waals surface area contributed by atoms with Crippen LogP contribution in [-0.4, -0.2) is 38.2 Å². The van der Waals surface area contributed by atoms with Crippen molar-refractivity contribution in [3.05, 3.63) is 142 Å². The third-order valence-corrected chi connectivity index (χ3v) is 9.47. The lowest BCUT2D eigenvalue weighted by Gasteiger charge is -2.24. The lowest BCUT2D eigenvalue weighted by atomic mass is 10.0. The molecule has 4 aromatic carbocycles. The van der Waals surface area contributed by atoms with Crippen LogP contribution in [0.25, 0.3) is 0 Å². The Morgan fingerprint density at radius 3 is 2.02 bits per heavy atom. The van der Waals surface area contributed by atoms with Crippen molar-refractivity contribution >= 4 is 27.7 Å². The van der Waals surface area contributed by atoms with E-state index in [4.69, 9.17) is 16.9 Å². The smallest absolute Gasteiger partial charge is 0.384 e. The number of carbonyl (C=O) groups excluding carboxylic acids is 2. The summed E-state index contributed by atoms with van der Waals surface area (Å²) in [6.45, 7) is 0.365. The van der Waals surface area contributed by atoms with Crippen molar-refractivity contribution in [3.8, 4) is 0 Å². The van der Waals surface area contributed by atoms with Gasteiger partial charge in [-0.1, -0.05) is 91.0 Å². The van der Waals surface area contributed by atoms with Gasteiger partial charge in [-0.2, -0.15) is 13.2 Å². The molecular weight excluding hydrogens is 682 g/mol. The number of amidine groups is 1. The quantitative estimate of drug-likeness (QED) is 0.0699. The van der Waals surface area contributed by atoms with E-state index in [1.165, 1.54) is 12.1 Å². The van der Waals surface area contributed by atoms with Crippen molar-refractivity contribution < 1.29 is 31.2 Å². The summed E-state index contributed by atoms with van der Waals surface area (Å²) in [5.74, 6) is -1.75. The van der Waals surface area contributed by atoms with E-state index in [9.17, 15) is 31.2 Å². The summed E-state index contributed by atoms with van der Waals surface area (Å²) in [5.41, 5.74) is 14.4. The average Bonchev–Trinajstić information content (AvgIpc) is 3.10. The number of alkyl halides is 3. The molecule has 0 saturated carbocycles. The second-order valence-corrected chi connectivity index (χ2v) is 13.9. The van der Waals surface area contributed by atoms with E-state index < -0.39 is 51.4 Å². The van der Waals surface area contributed by atoms with Crippen LogP contribution in [0, 0.1) is 5.41 Å². The van der Waals surface area contributed by atoms with Crippen LogP contribution >= 0.6 is 0 Å². The normalized spacial score (nSPS) is 12.9. The van der Waals surface area contributed by atoms with Gasteiger partial charge in [-0.15, -0.1) is 0 Å². The second kappa shape index (κ2) is 17.7. The van der Waals surface area contributed by atoms with Crippen molar-refractivity contribution in [1.29, 1.82) is 5.41 Å². The highest BCUT2D eigenvalue weighted by Gasteiger charge is 2.31. The second-order valence-electron chi connectivity index (χ2n) is 12.1. The summed E-state index contributed by atoms with van der Waals surface area (Å²) in [5, 5.41) is 13.1. The summed E-state index contributed by atoms with van der Waals surface area (Å²) in [4.78, 5) is 27.5. The first-order chi connectivity index (χ1) is 24.2. The summed E-state index contributed by atoms with van der Waals surface area (Å²) in [6, 6.07) is 24.6. The van der Waals surface area contributed by atoms with E-state index in [0.29, 0.717) is 22.3 Å². The van der Waals surface area contributed by atoms with Gasteiger partial charge in [0.1, 0.15) is 17.9 Å². The maximum absolute atomic E-state index is 13.9. The van der Waals surface area contributed by atoms with Crippen molar-refractivity contribution in [2.75, 3.05) is 0 Å². The first-order valence-corrected chi connectivity index (χ1v) is 17.9. The number of halogens is 3. The Morgan fingerprint density at radius 1 is 0.765 bits per heavy atom. The van der Waals surface area contributed by atoms with Gasteiger partial charge in [0, 0.05) is 25.1 Å². The highest BCUT2D eigenvalue weighted by Crippen LogP contribution is 2.29. The van der Waals surface area contributed by atoms with Crippen LogP contribution in [0.1, 0.15) is 51.8 Å². The fraction of sp³-hybridized carbons (Fsp3) is 0.270. The van der Waals surface area contributed by atoms with Crippen molar-refractivity contribution in [2.45, 2.75) is 62.8 Å². The zero-order valence-corrected chi connectivity index (χ0v) is 28.6. The molecule has 8 N–H and O–H groups in total. The Hall–Kier alpha value is -5.05. The molecule has 4 aromatic rings. The van der Waals surface area contributed by atoms with Crippen LogP contribution in [0.2, 0.25) is 0 Å². The number of sulfonamides is 1. The van der Waals surface area contributed by atoms with Crippen LogP contribution in [0.5, 0.6) is 0 Å². The van der Waals surface area contributed by atoms with E-state index in [1.54, 1.807) is 66.7 Å². The highest BCUT2D eigenvalue weighted by molar-refractivity contribution is 7.88. The zero-order valence-electron chi connectivity index (χ0n) is 27.7. The number of hydrogen-bond donors (Lipinski definition) is 6. The topological polar surface area (TPSA) is 180 Å². The zero-order chi connectivity index (χ0) is 37.0. The number of rotatable bonds is 17. The minimum Gasteiger partial charge on any atom is -0.384 e. The highest BCUT2D eigenvalue weighted by atomic mass is 32.2. The number of carbonyl (C=O) groups is 2. The molecule has 0 radical (unpaired) electrons. The Bertz CT molecular complexity index is 1890. The van der Waals surface area contributed by atoms with Crippen molar-refractivity contribution in [1.82, 2.24) is 15.4 Å². The molecule has 0 spiro atoms. The Balaban J connectivity index is 1.53. The van der Waals surface area contributed by atoms with Gasteiger partial charge in [-0.3, -0.25) is 15.0 Å². The van der Waals surface area contributed by atoms with Crippen LogP contribution < -0.4 is 26.8 Å². The van der Waals surface area contributed by atoms with Gasteiger partial charge in [-0.05, 0) is 59.2 Å². The van der Waals surface area contributed by atoms with Gasteiger partial charge < -0.3 is 22.1 Å². The Kier molecular flexibility index (Phi) is 13.5. The summed E-state index contributed by atoms with van der Waals surface area (Å²) >= 11 is 0. The summed E-state index contributed by atoms with van der Waals surface area (Å²) in [7, 11) is -4.05. The van der Waals surface area contributed by atoms with Gasteiger partial charge in [0.25, 0.3) is 0 Å². The van der Waals surface area contributed by atoms with Crippen LogP contribution in [0.3, 0.4) is 0 Å². The maximum Gasteiger partial charge on any atom is 0.416 e. The molecule has 2 atom stereocenters. The lowest BCUT2D eigenvalue weighted by molar-refractivity contribution is -0.137. The largest absolute Gasteiger partial charge is 0.416 e. The van der Waals surface area contributed by atoms with Crippen molar-refractivity contribution in [3.63, 3.8) is 0 Å². The molecule has 0 aliphatic rings. The molecule has 0 aromatic heterocycles. The molecule has 0 heterocycles.